The van der Waals surface area contributed by atoms with Gasteiger partial charge in [-0.1, -0.05) is 44.2 Å². The van der Waals surface area contributed by atoms with Crippen LogP contribution in [0.3, 0.4) is 0 Å². The molecule has 0 amide bonds. The van der Waals surface area contributed by atoms with E-state index in [1.165, 1.54) is 0 Å². The fourth-order valence-electron chi connectivity index (χ4n) is 2.33. The summed E-state index contributed by atoms with van der Waals surface area (Å²) in [6.07, 6.45) is 1.26. The second-order valence-corrected chi connectivity index (χ2v) is 7.76. The molecule has 3 N–H and O–H groups in total. The molecule has 0 bridgehead atoms. The highest BCUT2D eigenvalue weighted by molar-refractivity contribution is 7.89. The molecule has 0 aliphatic heterocycles. The lowest BCUT2D eigenvalue weighted by molar-refractivity contribution is 0.0903. The monoisotopic (exact) mass is 282 g/mol. The lowest BCUT2D eigenvalue weighted by Gasteiger charge is -2.50. The van der Waals surface area contributed by atoms with Gasteiger partial charge in [-0.05, 0) is 23.8 Å². The van der Waals surface area contributed by atoms with E-state index in [4.69, 9.17) is 5.73 Å². The number of rotatable bonds is 5. The molecule has 1 fully saturated rings. The van der Waals surface area contributed by atoms with Crippen molar-refractivity contribution in [2.45, 2.75) is 38.8 Å². The average Bonchev–Trinajstić information content (AvgIpc) is 2.37. The van der Waals surface area contributed by atoms with Crippen molar-refractivity contribution >= 4 is 10.0 Å². The zero-order valence-electron chi connectivity index (χ0n) is 11.5. The third-order valence-corrected chi connectivity index (χ3v) is 5.55. The van der Waals surface area contributed by atoms with Gasteiger partial charge in [0.15, 0.2) is 0 Å². The molecular formula is C14H22N2O2S. The Kier molecular flexibility index (Phi) is 3.99. The van der Waals surface area contributed by atoms with E-state index in [0.717, 1.165) is 12.0 Å². The van der Waals surface area contributed by atoms with Crippen LogP contribution in [0.5, 0.6) is 0 Å². The van der Waals surface area contributed by atoms with Gasteiger partial charge in [-0.25, -0.2) is 13.1 Å². The summed E-state index contributed by atoms with van der Waals surface area (Å²) in [6.45, 7) is 4.01. The van der Waals surface area contributed by atoms with Crippen LogP contribution in [-0.2, 0) is 16.4 Å². The number of benzene rings is 1. The standard InChI is InChI=1S/C14H22N2O2S/c1-14(2)12(15)10-13(14)16-19(17,18)9-8-11-6-4-3-5-7-11/h3-7,12-13,16H,8-10,15H2,1-2H3. The molecule has 2 rings (SSSR count). The number of sulfonamides is 1. The van der Waals surface area contributed by atoms with E-state index in [1.807, 2.05) is 44.2 Å². The van der Waals surface area contributed by atoms with Crippen molar-refractivity contribution in [3.63, 3.8) is 0 Å². The Labute approximate surface area is 115 Å². The van der Waals surface area contributed by atoms with Gasteiger partial charge in [0.05, 0.1) is 5.75 Å². The van der Waals surface area contributed by atoms with Crippen LogP contribution in [0.4, 0.5) is 0 Å². The lowest BCUT2D eigenvalue weighted by Crippen LogP contribution is -2.64. The normalized spacial score (nSPS) is 25.8. The highest BCUT2D eigenvalue weighted by atomic mass is 32.2. The van der Waals surface area contributed by atoms with Crippen molar-refractivity contribution in [2.24, 2.45) is 11.1 Å². The number of aryl methyl sites for hydroxylation is 1. The van der Waals surface area contributed by atoms with Crippen LogP contribution < -0.4 is 10.5 Å². The fourth-order valence-corrected chi connectivity index (χ4v) is 3.79. The zero-order valence-corrected chi connectivity index (χ0v) is 12.3. The van der Waals surface area contributed by atoms with Gasteiger partial charge >= 0.3 is 0 Å². The van der Waals surface area contributed by atoms with Gasteiger partial charge in [0.2, 0.25) is 10.0 Å². The highest BCUT2D eigenvalue weighted by Crippen LogP contribution is 2.39. The molecule has 0 spiro atoms. The molecule has 1 aliphatic rings. The Morgan fingerprint density at radius 3 is 2.47 bits per heavy atom. The van der Waals surface area contributed by atoms with Crippen molar-refractivity contribution in [1.82, 2.24) is 4.72 Å². The molecule has 2 atom stereocenters. The molecule has 1 aromatic carbocycles. The van der Waals surface area contributed by atoms with Crippen LogP contribution in [0.15, 0.2) is 30.3 Å². The van der Waals surface area contributed by atoms with Crippen molar-refractivity contribution in [3.8, 4) is 0 Å². The first-order valence-electron chi connectivity index (χ1n) is 6.61. The van der Waals surface area contributed by atoms with Gasteiger partial charge in [-0.2, -0.15) is 0 Å². The van der Waals surface area contributed by atoms with Gasteiger partial charge in [0, 0.05) is 12.1 Å². The number of hydrogen-bond acceptors (Lipinski definition) is 3. The Morgan fingerprint density at radius 2 is 1.95 bits per heavy atom. The summed E-state index contributed by atoms with van der Waals surface area (Å²) in [4.78, 5) is 0. The maximum atomic E-state index is 12.0. The fraction of sp³-hybridized carbons (Fsp3) is 0.571. The third-order valence-electron chi connectivity index (χ3n) is 4.17. The van der Waals surface area contributed by atoms with Crippen LogP contribution in [0.1, 0.15) is 25.8 Å². The molecule has 0 saturated heterocycles. The van der Waals surface area contributed by atoms with E-state index in [2.05, 4.69) is 4.72 Å². The summed E-state index contributed by atoms with van der Waals surface area (Å²) < 4.78 is 26.9. The largest absolute Gasteiger partial charge is 0.327 e. The van der Waals surface area contributed by atoms with Gasteiger partial charge in [0.25, 0.3) is 0 Å². The van der Waals surface area contributed by atoms with Crippen molar-refractivity contribution in [1.29, 1.82) is 0 Å². The Balaban J connectivity index is 1.90. The van der Waals surface area contributed by atoms with Crippen LogP contribution in [0.25, 0.3) is 0 Å². The van der Waals surface area contributed by atoms with E-state index in [-0.39, 0.29) is 23.3 Å². The van der Waals surface area contributed by atoms with E-state index in [0.29, 0.717) is 6.42 Å². The predicted octanol–water partition coefficient (Wildman–Crippen LogP) is 1.27. The van der Waals surface area contributed by atoms with Crippen LogP contribution in [0, 0.1) is 5.41 Å². The quantitative estimate of drug-likeness (QED) is 0.854. The van der Waals surface area contributed by atoms with Crippen molar-refractivity contribution in [2.75, 3.05) is 5.75 Å². The van der Waals surface area contributed by atoms with E-state index in [1.54, 1.807) is 0 Å². The molecule has 5 heteroatoms. The second kappa shape index (κ2) is 5.23. The molecule has 2 unspecified atom stereocenters. The smallest absolute Gasteiger partial charge is 0.212 e. The van der Waals surface area contributed by atoms with E-state index in [9.17, 15) is 8.42 Å². The number of nitrogens with one attached hydrogen (secondary N) is 1. The zero-order chi connectivity index (χ0) is 14.1. The Hall–Kier alpha value is -0.910. The summed E-state index contributed by atoms with van der Waals surface area (Å²) in [5.74, 6) is 0.124. The first kappa shape index (κ1) is 14.5. The predicted molar refractivity (Wildman–Crippen MR) is 77.2 cm³/mol. The van der Waals surface area contributed by atoms with Crippen LogP contribution in [0.2, 0.25) is 0 Å². The molecular weight excluding hydrogens is 260 g/mol. The second-order valence-electron chi connectivity index (χ2n) is 5.89. The topological polar surface area (TPSA) is 72.2 Å². The van der Waals surface area contributed by atoms with E-state index >= 15 is 0 Å². The summed E-state index contributed by atoms with van der Waals surface area (Å²) in [5, 5.41) is 0. The number of nitrogens with two attached hydrogens (primary N) is 1. The Morgan fingerprint density at radius 1 is 1.32 bits per heavy atom. The lowest BCUT2D eigenvalue weighted by atomic mass is 9.64. The van der Waals surface area contributed by atoms with Crippen LogP contribution in [-0.4, -0.2) is 26.3 Å². The minimum atomic E-state index is -3.24. The third kappa shape index (κ3) is 3.35. The molecule has 0 radical (unpaired) electrons. The molecule has 1 saturated carbocycles. The molecule has 19 heavy (non-hydrogen) atoms. The molecule has 1 aliphatic carbocycles. The van der Waals surface area contributed by atoms with Crippen molar-refractivity contribution in [3.05, 3.63) is 35.9 Å². The molecule has 4 nitrogen and oxygen atoms in total. The van der Waals surface area contributed by atoms with Gasteiger partial charge in [-0.15, -0.1) is 0 Å². The minimum absolute atomic E-state index is 0.0386. The molecule has 1 aromatic rings. The van der Waals surface area contributed by atoms with Gasteiger partial charge < -0.3 is 5.73 Å². The maximum absolute atomic E-state index is 12.0. The first-order valence-corrected chi connectivity index (χ1v) is 8.26. The van der Waals surface area contributed by atoms with Crippen molar-refractivity contribution < 1.29 is 8.42 Å². The molecule has 106 valence electrons. The average molecular weight is 282 g/mol. The first-order chi connectivity index (χ1) is 8.81. The molecule has 0 heterocycles. The minimum Gasteiger partial charge on any atom is -0.327 e. The van der Waals surface area contributed by atoms with Gasteiger partial charge in [-0.3, -0.25) is 0 Å². The summed E-state index contributed by atoms with van der Waals surface area (Å²) in [5.41, 5.74) is 6.78. The molecule has 0 aromatic heterocycles. The summed E-state index contributed by atoms with van der Waals surface area (Å²) in [6, 6.07) is 9.69. The number of hydrogen-bond donors (Lipinski definition) is 2. The maximum Gasteiger partial charge on any atom is 0.212 e. The summed E-state index contributed by atoms with van der Waals surface area (Å²) in [7, 11) is -3.24. The van der Waals surface area contributed by atoms with Crippen LogP contribution >= 0.6 is 0 Å². The van der Waals surface area contributed by atoms with E-state index < -0.39 is 10.0 Å². The summed E-state index contributed by atoms with van der Waals surface area (Å²) >= 11 is 0. The van der Waals surface area contributed by atoms with Gasteiger partial charge in [0.1, 0.15) is 0 Å². The SMILES string of the molecule is CC1(C)C(N)CC1NS(=O)(=O)CCc1ccccc1. The highest BCUT2D eigenvalue weighted by Gasteiger charge is 2.47. The Bertz CT molecular complexity index is 526.